The molecule has 0 atom stereocenters. The second-order valence-electron chi connectivity index (χ2n) is 4.50. The third kappa shape index (κ3) is 2.89. The Labute approximate surface area is 117 Å². The predicted octanol–water partition coefficient (Wildman–Crippen LogP) is 3.92. The first-order valence-corrected chi connectivity index (χ1v) is 6.62. The van der Waals surface area contributed by atoms with Crippen LogP contribution in [0.5, 0.6) is 0 Å². The standard InChI is InChI=1S/C14H17ClFN3/c1-4-19-13(14(15)10(3)18-19)8-17-12-7-9(2)5-6-11(12)16/h5-7,17H,4,8H2,1-3H3. The Balaban J connectivity index is 2.21. The number of benzene rings is 1. The number of nitrogens with zero attached hydrogens (tertiary/aromatic N) is 2. The number of hydrogen-bond acceptors (Lipinski definition) is 2. The Bertz CT molecular complexity index is 593. The van der Waals surface area contributed by atoms with E-state index in [4.69, 9.17) is 11.6 Å². The lowest BCUT2D eigenvalue weighted by atomic mass is 10.2. The number of rotatable bonds is 4. The summed E-state index contributed by atoms with van der Waals surface area (Å²) in [6, 6.07) is 4.98. The lowest BCUT2D eigenvalue weighted by molar-refractivity contribution is 0.616. The van der Waals surface area contributed by atoms with Crippen LogP contribution in [0.4, 0.5) is 10.1 Å². The highest BCUT2D eigenvalue weighted by Gasteiger charge is 2.12. The van der Waals surface area contributed by atoms with Gasteiger partial charge in [0, 0.05) is 6.54 Å². The van der Waals surface area contributed by atoms with Crippen molar-refractivity contribution in [3.8, 4) is 0 Å². The Morgan fingerprint density at radius 1 is 1.37 bits per heavy atom. The third-order valence-electron chi connectivity index (χ3n) is 3.02. The zero-order valence-electron chi connectivity index (χ0n) is 11.3. The van der Waals surface area contributed by atoms with E-state index in [9.17, 15) is 4.39 Å². The van der Waals surface area contributed by atoms with Crippen molar-refractivity contribution in [2.24, 2.45) is 0 Å². The second-order valence-corrected chi connectivity index (χ2v) is 4.88. The fourth-order valence-corrected chi connectivity index (χ4v) is 2.19. The summed E-state index contributed by atoms with van der Waals surface area (Å²) < 4.78 is 15.5. The minimum atomic E-state index is -0.263. The average molecular weight is 282 g/mol. The summed E-state index contributed by atoms with van der Waals surface area (Å²) in [6.45, 7) is 6.98. The molecule has 2 aromatic rings. The topological polar surface area (TPSA) is 29.9 Å². The van der Waals surface area contributed by atoms with E-state index in [0.29, 0.717) is 17.3 Å². The van der Waals surface area contributed by atoms with Crippen molar-refractivity contribution in [3.05, 3.63) is 46.0 Å². The summed E-state index contributed by atoms with van der Waals surface area (Å²) in [5.74, 6) is -0.263. The van der Waals surface area contributed by atoms with Crippen molar-refractivity contribution in [2.75, 3.05) is 5.32 Å². The van der Waals surface area contributed by atoms with Gasteiger partial charge in [0.2, 0.25) is 0 Å². The summed E-state index contributed by atoms with van der Waals surface area (Å²) in [4.78, 5) is 0. The van der Waals surface area contributed by atoms with E-state index in [2.05, 4.69) is 10.4 Å². The van der Waals surface area contributed by atoms with Crippen molar-refractivity contribution in [1.29, 1.82) is 0 Å². The molecule has 2 rings (SSSR count). The van der Waals surface area contributed by atoms with Crippen LogP contribution in [0, 0.1) is 19.7 Å². The molecule has 1 heterocycles. The van der Waals surface area contributed by atoms with Crippen LogP contribution in [0.25, 0.3) is 0 Å². The predicted molar refractivity (Wildman–Crippen MR) is 76.1 cm³/mol. The van der Waals surface area contributed by atoms with E-state index >= 15 is 0 Å². The maximum atomic E-state index is 13.6. The minimum Gasteiger partial charge on any atom is -0.377 e. The number of halogens is 2. The molecule has 0 fully saturated rings. The summed E-state index contributed by atoms with van der Waals surface area (Å²) >= 11 is 6.21. The summed E-state index contributed by atoms with van der Waals surface area (Å²) in [7, 11) is 0. The normalized spacial score (nSPS) is 10.8. The molecule has 1 aromatic heterocycles. The molecule has 1 N–H and O–H groups in total. The van der Waals surface area contributed by atoms with Gasteiger partial charge in [-0.3, -0.25) is 4.68 Å². The Morgan fingerprint density at radius 3 is 2.79 bits per heavy atom. The van der Waals surface area contributed by atoms with Gasteiger partial charge in [-0.05, 0) is 38.5 Å². The first kappa shape index (κ1) is 13.9. The molecule has 19 heavy (non-hydrogen) atoms. The number of hydrogen-bond donors (Lipinski definition) is 1. The van der Waals surface area contributed by atoms with Crippen molar-refractivity contribution in [2.45, 2.75) is 33.9 Å². The highest BCUT2D eigenvalue weighted by atomic mass is 35.5. The maximum absolute atomic E-state index is 13.6. The van der Waals surface area contributed by atoms with E-state index in [0.717, 1.165) is 23.5 Å². The van der Waals surface area contributed by atoms with E-state index in [1.54, 1.807) is 12.1 Å². The number of aryl methyl sites for hydroxylation is 3. The molecule has 102 valence electrons. The van der Waals surface area contributed by atoms with Crippen molar-refractivity contribution in [1.82, 2.24) is 9.78 Å². The van der Waals surface area contributed by atoms with Crippen molar-refractivity contribution in [3.63, 3.8) is 0 Å². The molecular weight excluding hydrogens is 265 g/mol. The summed E-state index contributed by atoms with van der Waals surface area (Å²) in [5, 5.41) is 8.05. The van der Waals surface area contributed by atoms with Gasteiger partial charge < -0.3 is 5.32 Å². The second kappa shape index (κ2) is 5.61. The summed E-state index contributed by atoms with van der Waals surface area (Å²) in [5.41, 5.74) is 3.17. The van der Waals surface area contributed by atoms with Crippen LogP contribution >= 0.6 is 11.6 Å². The summed E-state index contributed by atoms with van der Waals surface area (Å²) in [6.07, 6.45) is 0. The van der Waals surface area contributed by atoms with Gasteiger partial charge >= 0.3 is 0 Å². The largest absolute Gasteiger partial charge is 0.377 e. The Hall–Kier alpha value is -1.55. The molecule has 5 heteroatoms. The van der Waals surface area contributed by atoms with Gasteiger partial charge in [0.25, 0.3) is 0 Å². The van der Waals surface area contributed by atoms with E-state index < -0.39 is 0 Å². The molecule has 0 saturated carbocycles. The lowest BCUT2D eigenvalue weighted by Gasteiger charge is -2.10. The Kier molecular flexibility index (Phi) is 4.10. The zero-order valence-corrected chi connectivity index (χ0v) is 12.1. The van der Waals surface area contributed by atoms with Gasteiger partial charge in [-0.2, -0.15) is 5.10 Å². The molecule has 0 radical (unpaired) electrons. The highest BCUT2D eigenvalue weighted by Crippen LogP contribution is 2.22. The molecule has 0 bridgehead atoms. The molecule has 0 unspecified atom stereocenters. The number of anilines is 1. The first-order chi connectivity index (χ1) is 9.02. The van der Waals surface area contributed by atoms with E-state index in [1.807, 2.05) is 25.5 Å². The fraction of sp³-hybridized carbons (Fsp3) is 0.357. The number of nitrogens with one attached hydrogen (secondary N) is 1. The molecular formula is C14H17ClFN3. The molecule has 0 spiro atoms. The van der Waals surface area contributed by atoms with Gasteiger partial charge in [-0.1, -0.05) is 17.7 Å². The van der Waals surface area contributed by atoms with Gasteiger partial charge in [0.05, 0.1) is 28.6 Å². The van der Waals surface area contributed by atoms with Crippen LogP contribution in [0.2, 0.25) is 5.02 Å². The van der Waals surface area contributed by atoms with Gasteiger partial charge in [-0.25, -0.2) is 4.39 Å². The van der Waals surface area contributed by atoms with Crippen LogP contribution < -0.4 is 5.32 Å². The quantitative estimate of drug-likeness (QED) is 0.920. The van der Waals surface area contributed by atoms with Crippen LogP contribution in [-0.4, -0.2) is 9.78 Å². The van der Waals surface area contributed by atoms with Gasteiger partial charge in [0.15, 0.2) is 0 Å². The zero-order chi connectivity index (χ0) is 14.0. The average Bonchev–Trinajstić information content (AvgIpc) is 2.66. The van der Waals surface area contributed by atoms with E-state index in [1.165, 1.54) is 6.07 Å². The van der Waals surface area contributed by atoms with Crippen molar-refractivity contribution >= 4 is 17.3 Å². The van der Waals surface area contributed by atoms with Crippen LogP contribution in [-0.2, 0) is 13.1 Å². The smallest absolute Gasteiger partial charge is 0.146 e. The molecule has 0 aliphatic carbocycles. The van der Waals surface area contributed by atoms with Gasteiger partial charge in [0.1, 0.15) is 5.82 Å². The first-order valence-electron chi connectivity index (χ1n) is 6.24. The molecule has 1 aromatic carbocycles. The molecule has 0 aliphatic heterocycles. The minimum absolute atomic E-state index is 0.263. The molecule has 0 amide bonds. The fourth-order valence-electron chi connectivity index (χ4n) is 1.99. The van der Waals surface area contributed by atoms with Crippen molar-refractivity contribution < 1.29 is 4.39 Å². The molecule has 3 nitrogen and oxygen atoms in total. The third-order valence-corrected chi connectivity index (χ3v) is 3.51. The van der Waals surface area contributed by atoms with E-state index in [-0.39, 0.29) is 5.82 Å². The van der Waals surface area contributed by atoms with Crippen LogP contribution in [0.15, 0.2) is 18.2 Å². The monoisotopic (exact) mass is 281 g/mol. The molecule has 0 aliphatic rings. The van der Waals surface area contributed by atoms with Crippen LogP contribution in [0.3, 0.4) is 0 Å². The number of aromatic nitrogens is 2. The van der Waals surface area contributed by atoms with Crippen LogP contribution in [0.1, 0.15) is 23.9 Å². The highest BCUT2D eigenvalue weighted by molar-refractivity contribution is 6.31. The maximum Gasteiger partial charge on any atom is 0.146 e. The lowest BCUT2D eigenvalue weighted by Crippen LogP contribution is -2.09. The Morgan fingerprint density at radius 2 is 2.11 bits per heavy atom. The van der Waals surface area contributed by atoms with Gasteiger partial charge in [-0.15, -0.1) is 0 Å². The molecule has 0 saturated heterocycles. The SMILES string of the molecule is CCn1nc(C)c(Cl)c1CNc1cc(C)ccc1F.